The molecule has 0 saturated carbocycles. The van der Waals surface area contributed by atoms with Gasteiger partial charge in [-0.3, -0.25) is 0 Å². The highest BCUT2D eigenvalue weighted by Crippen LogP contribution is 2.39. The third-order valence-electron chi connectivity index (χ3n) is 12.3. The van der Waals surface area contributed by atoms with Crippen LogP contribution in [0.3, 0.4) is 0 Å². The van der Waals surface area contributed by atoms with Crippen LogP contribution in [0, 0.1) is 0 Å². The summed E-state index contributed by atoms with van der Waals surface area (Å²) in [5, 5.41) is 6.84. The van der Waals surface area contributed by atoms with Crippen LogP contribution in [0.4, 0.5) is 0 Å². The molecule has 12 aromatic rings. The van der Waals surface area contributed by atoms with E-state index in [1.165, 1.54) is 21.7 Å². The van der Waals surface area contributed by atoms with E-state index in [0.29, 0.717) is 5.82 Å². The van der Waals surface area contributed by atoms with E-state index in [4.69, 9.17) is 19.9 Å². The molecule has 0 bridgehead atoms. The second kappa shape index (κ2) is 15.7. The van der Waals surface area contributed by atoms with Crippen LogP contribution in [-0.2, 0) is 0 Å². The summed E-state index contributed by atoms with van der Waals surface area (Å²) in [6.07, 6.45) is 0. The maximum Gasteiger partial charge on any atom is 0.160 e. The Morgan fingerprint density at radius 2 is 0.781 bits per heavy atom. The molecule has 0 fully saturated rings. The topological polar surface area (TPSA) is 51.6 Å². The molecular formula is C60H38N4. The standard InChI is InChI=1S/C60H38N4/c1-3-13-39(14-4-1)41-25-28-44(29-26-41)56-38-55(43-17-5-2-6-18-43)63-60(64-56)49-22-11-21-48(36-49)54-34-32-45-31-33-52-53(47-30-27-40-15-7-8-19-46(40)35-47)37-57(62-59(52)58(45)61-54)51-24-12-20-42-16-9-10-23-50(42)51/h1-38H. The zero-order chi connectivity index (χ0) is 42.4. The highest BCUT2D eigenvalue weighted by atomic mass is 14.9. The summed E-state index contributed by atoms with van der Waals surface area (Å²) in [7, 11) is 0. The lowest BCUT2D eigenvalue weighted by Gasteiger charge is -2.15. The summed E-state index contributed by atoms with van der Waals surface area (Å²) in [4.78, 5) is 21.3. The zero-order valence-electron chi connectivity index (χ0n) is 34.7. The molecule has 4 nitrogen and oxygen atoms in total. The van der Waals surface area contributed by atoms with Gasteiger partial charge < -0.3 is 0 Å². The van der Waals surface area contributed by atoms with Gasteiger partial charge in [0.2, 0.25) is 0 Å². The molecular weight excluding hydrogens is 777 g/mol. The van der Waals surface area contributed by atoms with Crippen LogP contribution in [-0.4, -0.2) is 19.9 Å². The predicted octanol–water partition coefficient (Wildman–Crippen LogP) is 15.5. The van der Waals surface area contributed by atoms with Gasteiger partial charge in [-0.15, -0.1) is 0 Å². The monoisotopic (exact) mass is 814 g/mol. The summed E-state index contributed by atoms with van der Waals surface area (Å²) >= 11 is 0. The molecule has 0 aliphatic carbocycles. The lowest BCUT2D eigenvalue weighted by atomic mass is 9.94. The molecule has 0 radical (unpaired) electrons. The fraction of sp³-hybridized carbons (Fsp3) is 0. The van der Waals surface area contributed by atoms with Crippen LogP contribution >= 0.6 is 0 Å². The Bertz CT molecular complexity index is 3710. The van der Waals surface area contributed by atoms with Crippen molar-refractivity contribution < 1.29 is 0 Å². The largest absolute Gasteiger partial charge is 0.245 e. The van der Waals surface area contributed by atoms with E-state index < -0.39 is 0 Å². The quantitative estimate of drug-likeness (QED) is 0.150. The summed E-state index contributed by atoms with van der Waals surface area (Å²) in [6.45, 7) is 0. The summed E-state index contributed by atoms with van der Waals surface area (Å²) in [5.74, 6) is 0.651. The van der Waals surface area contributed by atoms with Crippen LogP contribution in [0.1, 0.15) is 0 Å². The van der Waals surface area contributed by atoms with Gasteiger partial charge in [-0.1, -0.05) is 200 Å². The van der Waals surface area contributed by atoms with Gasteiger partial charge in [0.15, 0.2) is 5.82 Å². The van der Waals surface area contributed by atoms with Crippen LogP contribution < -0.4 is 0 Å². The Labute approximate surface area is 370 Å². The minimum atomic E-state index is 0.651. The molecule has 298 valence electrons. The maximum atomic E-state index is 5.49. The average Bonchev–Trinajstić information content (AvgIpc) is 3.38. The number of hydrogen-bond donors (Lipinski definition) is 0. The molecule has 0 amide bonds. The van der Waals surface area contributed by atoms with Gasteiger partial charge >= 0.3 is 0 Å². The first-order valence-electron chi connectivity index (χ1n) is 21.6. The van der Waals surface area contributed by atoms with Crippen molar-refractivity contribution >= 4 is 43.4 Å². The Balaban J connectivity index is 1.00. The lowest BCUT2D eigenvalue weighted by molar-refractivity contribution is 1.18. The van der Waals surface area contributed by atoms with Gasteiger partial charge in [0, 0.05) is 38.6 Å². The second-order valence-corrected chi connectivity index (χ2v) is 16.2. The molecule has 64 heavy (non-hydrogen) atoms. The molecule has 0 saturated heterocycles. The highest BCUT2D eigenvalue weighted by Gasteiger charge is 2.17. The van der Waals surface area contributed by atoms with Gasteiger partial charge in [-0.25, -0.2) is 19.9 Å². The Kier molecular flexibility index (Phi) is 9.12. The first-order chi connectivity index (χ1) is 31.7. The third-order valence-corrected chi connectivity index (χ3v) is 12.3. The fourth-order valence-electron chi connectivity index (χ4n) is 8.98. The van der Waals surface area contributed by atoms with E-state index in [9.17, 15) is 0 Å². The van der Waals surface area contributed by atoms with E-state index in [2.05, 4.69) is 206 Å². The first-order valence-corrected chi connectivity index (χ1v) is 21.6. The number of benzene rings is 9. The minimum Gasteiger partial charge on any atom is -0.245 e. The molecule has 4 heteroatoms. The van der Waals surface area contributed by atoms with Crippen LogP contribution in [0.2, 0.25) is 0 Å². The van der Waals surface area contributed by atoms with E-state index >= 15 is 0 Å². The Hall–Kier alpha value is -8.60. The SMILES string of the molecule is c1ccc(-c2ccc(-c3cc(-c4ccccc4)nc(-c4cccc(-c5ccc6ccc7c(-c8ccc9ccccc9c8)cc(-c8cccc9ccccc89)nc7c6n5)c4)n3)cc2)cc1. The first kappa shape index (κ1) is 37.2. The van der Waals surface area contributed by atoms with Crippen LogP contribution in [0.25, 0.3) is 122 Å². The molecule has 0 aliphatic rings. The van der Waals surface area contributed by atoms with Crippen molar-refractivity contribution in [3.63, 3.8) is 0 Å². The third kappa shape index (κ3) is 6.84. The van der Waals surface area contributed by atoms with Crippen molar-refractivity contribution in [1.82, 2.24) is 19.9 Å². The highest BCUT2D eigenvalue weighted by molar-refractivity contribution is 6.11. The number of aromatic nitrogens is 4. The predicted molar refractivity (Wildman–Crippen MR) is 266 cm³/mol. The number of hydrogen-bond acceptors (Lipinski definition) is 4. The fourth-order valence-corrected chi connectivity index (χ4v) is 8.98. The molecule has 0 N–H and O–H groups in total. The van der Waals surface area contributed by atoms with Crippen LogP contribution in [0.5, 0.6) is 0 Å². The summed E-state index contributed by atoms with van der Waals surface area (Å²) in [6, 6.07) is 81.0. The molecule has 0 spiro atoms. The molecule has 0 unspecified atom stereocenters. The molecule has 9 aromatic carbocycles. The van der Waals surface area contributed by atoms with Gasteiger partial charge in [0.1, 0.15) is 0 Å². The molecule has 3 heterocycles. The van der Waals surface area contributed by atoms with E-state index in [0.717, 1.165) is 94.5 Å². The molecule has 12 rings (SSSR count). The van der Waals surface area contributed by atoms with Crippen molar-refractivity contribution in [1.29, 1.82) is 0 Å². The molecule has 3 aromatic heterocycles. The molecule has 0 aliphatic heterocycles. The number of pyridine rings is 2. The minimum absolute atomic E-state index is 0.651. The molecule has 0 atom stereocenters. The Morgan fingerprint density at radius 3 is 1.59 bits per heavy atom. The van der Waals surface area contributed by atoms with Crippen molar-refractivity contribution in [3.05, 3.63) is 231 Å². The smallest absolute Gasteiger partial charge is 0.160 e. The number of fused-ring (bicyclic) bond motifs is 5. The van der Waals surface area contributed by atoms with Gasteiger partial charge in [0.05, 0.1) is 33.8 Å². The van der Waals surface area contributed by atoms with Crippen molar-refractivity contribution in [2.45, 2.75) is 0 Å². The van der Waals surface area contributed by atoms with Gasteiger partial charge in [0.25, 0.3) is 0 Å². The van der Waals surface area contributed by atoms with Crippen molar-refractivity contribution in [3.8, 4) is 78.7 Å². The summed E-state index contributed by atoms with van der Waals surface area (Å²) < 4.78 is 0. The van der Waals surface area contributed by atoms with Crippen LogP contribution in [0.15, 0.2) is 231 Å². The normalized spacial score (nSPS) is 11.4. The zero-order valence-corrected chi connectivity index (χ0v) is 34.7. The van der Waals surface area contributed by atoms with Crippen molar-refractivity contribution in [2.24, 2.45) is 0 Å². The maximum absolute atomic E-state index is 5.49. The van der Waals surface area contributed by atoms with E-state index in [1.807, 2.05) is 24.3 Å². The van der Waals surface area contributed by atoms with E-state index in [1.54, 1.807) is 0 Å². The van der Waals surface area contributed by atoms with E-state index in [-0.39, 0.29) is 0 Å². The number of nitrogens with zero attached hydrogens (tertiary/aromatic N) is 4. The average molecular weight is 815 g/mol. The lowest BCUT2D eigenvalue weighted by Crippen LogP contribution is -1.97. The summed E-state index contributed by atoms with van der Waals surface area (Å²) in [5.41, 5.74) is 14.8. The van der Waals surface area contributed by atoms with Gasteiger partial charge in [-0.2, -0.15) is 0 Å². The second-order valence-electron chi connectivity index (χ2n) is 16.2. The van der Waals surface area contributed by atoms with Crippen molar-refractivity contribution in [2.75, 3.05) is 0 Å². The van der Waals surface area contributed by atoms with Gasteiger partial charge in [-0.05, 0) is 74.1 Å². The Morgan fingerprint density at radius 1 is 0.219 bits per heavy atom. The number of rotatable bonds is 7.